The maximum absolute atomic E-state index is 11.1. The van der Waals surface area contributed by atoms with Crippen molar-refractivity contribution in [2.45, 2.75) is 16.7 Å². The third-order valence-electron chi connectivity index (χ3n) is 1.69. The Morgan fingerprint density at radius 1 is 1.50 bits per heavy atom. The second kappa shape index (κ2) is 3.81. The number of aryl methyl sites for hydroxylation is 1. The molecule has 0 unspecified atom stereocenters. The fraction of sp³-hybridized carbons (Fsp3) is 0.125. The van der Waals surface area contributed by atoms with E-state index in [1.807, 2.05) is 6.07 Å². The van der Waals surface area contributed by atoms with Gasteiger partial charge in [0, 0.05) is 15.6 Å². The highest BCUT2D eigenvalue weighted by atomic mass is 35.7. The van der Waals surface area contributed by atoms with E-state index in [1.165, 1.54) is 12.1 Å². The molecular formula is C8H6ClNO2S2. The third-order valence-corrected chi connectivity index (χ3v) is 3.79. The molecule has 1 aromatic rings. The number of halogens is 1. The Morgan fingerprint density at radius 3 is 2.50 bits per heavy atom. The van der Waals surface area contributed by atoms with Gasteiger partial charge in [-0.3, -0.25) is 0 Å². The van der Waals surface area contributed by atoms with Gasteiger partial charge in [0.15, 0.2) is 0 Å². The molecule has 14 heavy (non-hydrogen) atoms. The van der Waals surface area contributed by atoms with Crippen molar-refractivity contribution >= 4 is 32.4 Å². The Morgan fingerprint density at radius 2 is 2.07 bits per heavy atom. The molecule has 74 valence electrons. The van der Waals surface area contributed by atoms with Crippen molar-refractivity contribution in [3.63, 3.8) is 0 Å². The Labute approximate surface area is 92.1 Å². The van der Waals surface area contributed by atoms with Gasteiger partial charge in [-0.15, -0.1) is 12.6 Å². The molecule has 0 aromatic heterocycles. The van der Waals surface area contributed by atoms with E-state index in [1.54, 1.807) is 6.92 Å². The summed E-state index contributed by atoms with van der Waals surface area (Å²) in [6.07, 6.45) is 0. The highest BCUT2D eigenvalue weighted by Gasteiger charge is 2.19. The molecule has 0 saturated carbocycles. The van der Waals surface area contributed by atoms with E-state index >= 15 is 0 Å². The number of hydrogen-bond acceptors (Lipinski definition) is 4. The summed E-state index contributed by atoms with van der Waals surface area (Å²) in [5.74, 6) is 0. The molecule has 3 nitrogen and oxygen atoms in total. The van der Waals surface area contributed by atoms with Crippen LogP contribution >= 0.6 is 23.3 Å². The van der Waals surface area contributed by atoms with Crippen molar-refractivity contribution in [2.24, 2.45) is 0 Å². The minimum atomic E-state index is -3.85. The molecule has 0 bridgehead atoms. The number of benzene rings is 1. The summed E-state index contributed by atoms with van der Waals surface area (Å²) in [6, 6.07) is 4.86. The van der Waals surface area contributed by atoms with Gasteiger partial charge in [-0.1, -0.05) is 6.07 Å². The summed E-state index contributed by atoms with van der Waals surface area (Å²) < 4.78 is 22.3. The van der Waals surface area contributed by atoms with Crippen LogP contribution in [0.1, 0.15) is 11.1 Å². The zero-order chi connectivity index (χ0) is 10.9. The molecule has 0 aliphatic heterocycles. The number of thiol groups is 1. The molecule has 0 fully saturated rings. The van der Waals surface area contributed by atoms with Gasteiger partial charge in [0.1, 0.15) is 6.07 Å². The molecule has 0 radical (unpaired) electrons. The van der Waals surface area contributed by atoms with Gasteiger partial charge in [-0.25, -0.2) is 8.42 Å². The zero-order valence-corrected chi connectivity index (χ0v) is 9.62. The first-order chi connectivity index (χ1) is 6.38. The Bertz CT molecular complexity index is 517. The van der Waals surface area contributed by atoms with Crippen molar-refractivity contribution in [3.05, 3.63) is 23.3 Å². The number of nitrogens with zero attached hydrogens (tertiary/aromatic N) is 1. The number of rotatable bonds is 1. The fourth-order valence-electron chi connectivity index (χ4n) is 1.07. The standard InChI is InChI=1S/C8H6ClNO2S2/c1-5-2-3-6(4-10)7(13)8(5)14(9,11)12/h2-3,13H,1H3. The largest absolute Gasteiger partial charge is 0.262 e. The van der Waals surface area contributed by atoms with E-state index in [0.29, 0.717) is 5.56 Å². The van der Waals surface area contributed by atoms with Crippen molar-refractivity contribution < 1.29 is 8.42 Å². The van der Waals surface area contributed by atoms with Crippen LogP contribution in [0.3, 0.4) is 0 Å². The zero-order valence-electron chi connectivity index (χ0n) is 7.15. The van der Waals surface area contributed by atoms with Gasteiger partial charge in [0.2, 0.25) is 0 Å². The molecular weight excluding hydrogens is 242 g/mol. The second-order valence-corrected chi connectivity index (χ2v) is 5.61. The molecule has 0 amide bonds. The Kier molecular flexibility index (Phi) is 3.10. The second-order valence-electron chi connectivity index (χ2n) is 2.66. The van der Waals surface area contributed by atoms with Gasteiger partial charge in [-0.2, -0.15) is 5.26 Å². The molecule has 1 rings (SSSR count). The lowest BCUT2D eigenvalue weighted by atomic mass is 10.2. The van der Waals surface area contributed by atoms with Gasteiger partial charge in [0.25, 0.3) is 9.05 Å². The molecule has 0 saturated heterocycles. The predicted octanol–water partition coefficient (Wildman–Crippen LogP) is 2.08. The number of nitriles is 1. The maximum Gasteiger partial charge on any atom is 0.262 e. The average molecular weight is 248 g/mol. The van der Waals surface area contributed by atoms with Crippen LogP contribution in [0.4, 0.5) is 0 Å². The van der Waals surface area contributed by atoms with E-state index in [0.717, 1.165) is 0 Å². The van der Waals surface area contributed by atoms with Crippen LogP contribution in [-0.4, -0.2) is 8.42 Å². The molecule has 0 N–H and O–H groups in total. The van der Waals surface area contributed by atoms with Crippen LogP contribution in [0.2, 0.25) is 0 Å². The van der Waals surface area contributed by atoms with Gasteiger partial charge in [0.05, 0.1) is 10.5 Å². The van der Waals surface area contributed by atoms with E-state index in [4.69, 9.17) is 15.9 Å². The van der Waals surface area contributed by atoms with Gasteiger partial charge < -0.3 is 0 Å². The fourth-order valence-corrected chi connectivity index (χ4v) is 3.28. The lowest BCUT2D eigenvalue weighted by Gasteiger charge is -2.06. The third kappa shape index (κ3) is 2.03. The topological polar surface area (TPSA) is 57.9 Å². The van der Waals surface area contributed by atoms with Crippen LogP contribution in [0.15, 0.2) is 21.9 Å². The summed E-state index contributed by atoms with van der Waals surface area (Å²) in [6.45, 7) is 1.59. The highest BCUT2D eigenvalue weighted by Crippen LogP contribution is 2.29. The van der Waals surface area contributed by atoms with Crippen molar-refractivity contribution in [2.75, 3.05) is 0 Å². The van der Waals surface area contributed by atoms with Crippen LogP contribution < -0.4 is 0 Å². The van der Waals surface area contributed by atoms with Crippen molar-refractivity contribution in [3.8, 4) is 6.07 Å². The maximum atomic E-state index is 11.1. The molecule has 0 aliphatic rings. The minimum absolute atomic E-state index is 0.0958. The first kappa shape index (κ1) is 11.4. The highest BCUT2D eigenvalue weighted by molar-refractivity contribution is 8.14. The van der Waals surface area contributed by atoms with Crippen molar-refractivity contribution in [1.82, 2.24) is 0 Å². The van der Waals surface area contributed by atoms with Gasteiger partial charge >= 0.3 is 0 Å². The van der Waals surface area contributed by atoms with Crippen molar-refractivity contribution in [1.29, 1.82) is 5.26 Å². The van der Waals surface area contributed by atoms with Crippen LogP contribution in [0.5, 0.6) is 0 Å². The molecule has 0 atom stereocenters. The predicted molar refractivity (Wildman–Crippen MR) is 56.2 cm³/mol. The Balaban J connectivity index is 3.68. The minimum Gasteiger partial charge on any atom is -0.207 e. The first-order valence-electron chi connectivity index (χ1n) is 3.55. The van der Waals surface area contributed by atoms with E-state index in [9.17, 15) is 8.42 Å². The summed E-state index contributed by atoms with van der Waals surface area (Å²) in [5, 5.41) is 8.66. The number of hydrogen-bond donors (Lipinski definition) is 1. The lowest BCUT2D eigenvalue weighted by molar-refractivity contribution is 0.607. The van der Waals surface area contributed by atoms with E-state index < -0.39 is 9.05 Å². The lowest BCUT2D eigenvalue weighted by Crippen LogP contribution is -1.98. The monoisotopic (exact) mass is 247 g/mol. The summed E-state index contributed by atoms with van der Waals surface area (Å²) >= 11 is 3.97. The van der Waals surface area contributed by atoms with Crippen LogP contribution in [0, 0.1) is 18.3 Å². The summed E-state index contributed by atoms with van der Waals surface area (Å²) in [5.41, 5.74) is 0.669. The molecule has 0 heterocycles. The SMILES string of the molecule is Cc1ccc(C#N)c(S)c1S(=O)(=O)Cl. The van der Waals surface area contributed by atoms with Crippen LogP contribution in [-0.2, 0) is 9.05 Å². The average Bonchev–Trinajstić information content (AvgIpc) is 2.02. The Hall–Kier alpha value is -0.700. The molecule has 1 aromatic carbocycles. The normalized spacial score (nSPS) is 11.0. The summed E-state index contributed by atoms with van der Waals surface area (Å²) in [4.78, 5) is 0.00375. The molecule has 0 spiro atoms. The van der Waals surface area contributed by atoms with Gasteiger partial charge in [-0.05, 0) is 18.6 Å². The first-order valence-corrected chi connectivity index (χ1v) is 6.31. The molecule has 6 heteroatoms. The van der Waals surface area contributed by atoms with E-state index in [2.05, 4.69) is 12.6 Å². The smallest absolute Gasteiger partial charge is 0.207 e. The summed E-state index contributed by atoms with van der Waals surface area (Å²) in [7, 11) is 1.36. The van der Waals surface area contributed by atoms with E-state index in [-0.39, 0.29) is 15.4 Å². The quantitative estimate of drug-likeness (QED) is 0.611. The van der Waals surface area contributed by atoms with Crippen LogP contribution in [0.25, 0.3) is 0 Å². The molecule has 0 aliphatic carbocycles.